The molecule has 2 fully saturated rings. The van der Waals surface area contributed by atoms with E-state index in [1.165, 1.54) is 4.90 Å². The molecule has 0 saturated heterocycles. The van der Waals surface area contributed by atoms with E-state index < -0.39 is 12.0 Å². The number of carbonyl (C=O) groups excluding carboxylic acids is 1. The molecule has 0 radical (unpaired) electrons. The Morgan fingerprint density at radius 1 is 1.40 bits per heavy atom. The van der Waals surface area contributed by atoms with Gasteiger partial charge in [-0.2, -0.15) is 0 Å². The van der Waals surface area contributed by atoms with Gasteiger partial charge in [-0.15, -0.1) is 11.8 Å². The summed E-state index contributed by atoms with van der Waals surface area (Å²) in [5.74, 6) is -0.575. The van der Waals surface area contributed by atoms with Gasteiger partial charge < -0.3 is 5.32 Å². The molecule has 0 heterocycles. The van der Waals surface area contributed by atoms with Crippen LogP contribution in [0.2, 0.25) is 0 Å². The number of thioether (sulfide) groups is 1. The molecule has 0 aliphatic heterocycles. The SMILES string of the molecule is O=C(NCC1(Sc2ccccc2)CC1)[C@H]1C[C@@H]1[N+](=O)[O-]. The van der Waals surface area contributed by atoms with Gasteiger partial charge >= 0.3 is 0 Å². The molecule has 3 rings (SSSR count). The number of hydrogen-bond acceptors (Lipinski definition) is 4. The maximum atomic E-state index is 11.8. The topological polar surface area (TPSA) is 72.2 Å². The van der Waals surface area contributed by atoms with Gasteiger partial charge in [0, 0.05) is 27.5 Å². The summed E-state index contributed by atoms with van der Waals surface area (Å²) in [5.41, 5.74) is 0. The first-order valence-electron chi connectivity index (χ1n) is 6.75. The Bertz CT molecular complexity index is 530. The second-order valence-electron chi connectivity index (χ2n) is 5.51. The van der Waals surface area contributed by atoms with Crippen LogP contribution in [0.15, 0.2) is 35.2 Å². The van der Waals surface area contributed by atoms with Gasteiger partial charge in [0.2, 0.25) is 11.9 Å². The number of nitrogens with one attached hydrogen (secondary N) is 1. The lowest BCUT2D eigenvalue weighted by molar-refractivity contribution is -0.497. The van der Waals surface area contributed by atoms with Crippen molar-refractivity contribution in [1.82, 2.24) is 5.32 Å². The van der Waals surface area contributed by atoms with Gasteiger partial charge in [0.05, 0.1) is 0 Å². The third kappa shape index (κ3) is 2.95. The van der Waals surface area contributed by atoms with Crippen molar-refractivity contribution in [2.45, 2.75) is 34.9 Å². The van der Waals surface area contributed by atoms with Gasteiger partial charge in [0.15, 0.2) is 0 Å². The van der Waals surface area contributed by atoms with Crippen molar-refractivity contribution in [3.8, 4) is 0 Å². The monoisotopic (exact) mass is 292 g/mol. The minimum Gasteiger partial charge on any atom is -0.354 e. The molecule has 0 spiro atoms. The third-order valence-corrected chi connectivity index (χ3v) is 5.33. The molecular formula is C14H16N2O3S. The molecule has 1 aromatic rings. The zero-order valence-electron chi connectivity index (χ0n) is 11.0. The molecule has 1 N–H and O–H groups in total. The second-order valence-corrected chi connectivity index (χ2v) is 7.05. The second kappa shape index (κ2) is 5.09. The van der Waals surface area contributed by atoms with Gasteiger partial charge in [0.25, 0.3) is 0 Å². The average molecular weight is 292 g/mol. The fourth-order valence-corrected chi connectivity index (χ4v) is 3.51. The molecule has 2 aliphatic carbocycles. The quantitative estimate of drug-likeness (QED) is 0.643. The van der Waals surface area contributed by atoms with Crippen LogP contribution in [0.3, 0.4) is 0 Å². The van der Waals surface area contributed by atoms with Crippen molar-refractivity contribution in [1.29, 1.82) is 0 Å². The van der Waals surface area contributed by atoms with E-state index in [1.807, 2.05) is 18.2 Å². The van der Waals surface area contributed by atoms with Crippen molar-refractivity contribution in [2.24, 2.45) is 5.92 Å². The van der Waals surface area contributed by atoms with Crippen molar-refractivity contribution < 1.29 is 9.72 Å². The van der Waals surface area contributed by atoms with Crippen LogP contribution >= 0.6 is 11.8 Å². The lowest BCUT2D eigenvalue weighted by Crippen LogP contribution is -2.34. The van der Waals surface area contributed by atoms with E-state index in [0.717, 1.165) is 12.8 Å². The Balaban J connectivity index is 1.49. The number of nitrogens with zero attached hydrogens (tertiary/aromatic N) is 1. The average Bonchev–Trinajstić information content (AvgIpc) is 3.32. The van der Waals surface area contributed by atoms with Crippen LogP contribution in [-0.4, -0.2) is 28.2 Å². The number of carbonyl (C=O) groups is 1. The maximum absolute atomic E-state index is 11.8. The van der Waals surface area contributed by atoms with Gasteiger partial charge in [0.1, 0.15) is 5.92 Å². The summed E-state index contributed by atoms with van der Waals surface area (Å²) in [6.07, 6.45) is 2.55. The minimum absolute atomic E-state index is 0.0933. The summed E-state index contributed by atoms with van der Waals surface area (Å²) in [4.78, 5) is 23.2. The molecule has 1 aromatic carbocycles. The molecule has 1 amide bonds. The Labute approximate surface area is 121 Å². The van der Waals surface area contributed by atoms with Crippen LogP contribution in [0.1, 0.15) is 19.3 Å². The highest BCUT2D eigenvalue weighted by Crippen LogP contribution is 2.51. The zero-order chi connectivity index (χ0) is 14.2. The lowest BCUT2D eigenvalue weighted by atomic mass is 10.3. The van der Waals surface area contributed by atoms with Crippen LogP contribution in [0, 0.1) is 16.0 Å². The van der Waals surface area contributed by atoms with E-state index >= 15 is 0 Å². The third-order valence-electron chi connectivity index (χ3n) is 3.83. The van der Waals surface area contributed by atoms with E-state index in [4.69, 9.17) is 0 Å². The van der Waals surface area contributed by atoms with Crippen LogP contribution in [-0.2, 0) is 4.79 Å². The standard InChI is InChI=1S/C14H16N2O3S/c17-13(11-8-12(11)16(18)19)15-9-14(6-7-14)20-10-4-2-1-3-5-10/h1-5,11-12H,6-9H2,(H,15,17)/t11-,12-/m0/s1. The van der Waals surface area contributed by atoms with E-state index in [2.05, 4.69) is 17.4 Å². The van der Waals surface area contributed by atoms with Gasteiger partial charge in [-0.25, -0.2) is 0 Å². The molecule has 0 aromatic heterocycles. The van der Waals surface area contributed by atoms with Crippen molar-refractivity contribution in [3.63, 3.8) is 0 Å². The highest BCUT2D eigenvalue weighted by Gasteiger charge is 2.54. The molecule has 0 unspecified atom stereocenters. The predicted octanol–water partition coefficient (Wildman–Crippen LogP) is 2.09. The summed E-state index contributed by atoms with van der Waals surface area (Å²) < 4.78 is 0.0933. The maximum Gasteiger partial charge on any atom is 0.230 e. The van der Waals surface area contributed by atoms with Crippen molar-refractivity contribution in [3.05, 3.63) is 40.4 Å². The molecule has 106 valence electrons. The van der Waals surface area contributed by atoms with Crippen LogP contribution in [0.5, 0.6) is 0 Å². The Kier molecular flexibility index (Phi) is 3.41. The lowest BCUT2D eigenvalue weighted by Gasteiger charge is -2.15. The molecule has 6 heteroatoms. The predicted molar refractivity (Wildman–Crippen MR) is 76.2 cm³/mol. The highest BCUT2D eigenvalue weighted by molar-refractivity contribution is 8.01. The molecule has 2 atom stereocenters. The summed E-state index contributed by atoms with van der Waals surface area (Å²) in [5, 5.41) is 13.4. The zero-order valence-corrected chi connectivity index (χ0v) is 11.8. The Morgan fingerprint density at radius 2 is 2.10 bits per heavy atom. The number of benzene rings is 1. The van der Waals surface area contributed by atoms with Crippen LogP contribution in [0.4, 0.5) is 0 Å². The summed E-state index contributed by atoms with van der Waals surface area (Å²) in [6.45, 7) is 0.604. The normalized spacial score (nSPS) is 25.8. The number of amides is 1. The minimum atomic E-state index is -0.660. The van der Waals surface area contributed by atoms with Gasteiger partial charge in [-0.3, -0.25) is 14.9 Å². The number of hydrogen-bond donors (Lipinski definition) is 1. The molecule has 5 nitrogen and oxygen atoms in total. The highest BCUT2D eigenvalue weighted by atomic mass is 32.2. The van der Waals surface area contributed by atoms with E-state index in [1.54, 1.807) is 11.8 Å². The molecule has 20 heavy (non-hydrogen) atoms. The first-order chi connectivity index (χ1) is 9.60. The largest absolute Gasteiger partial charge is 0.354 e. The van der Waals surface area contributed by atoms with Crippen molar-refractivity contribution in [2.75, 3.05) is 6.54 Å². The fraction of sp³-hybridized carbons (Fsp3) is 0.500. The summed E-state index contributed by atoms with van der Waals surface area (Å²) >= 11 is 1.79. The Hall–Kier alpha value is -1.56. The van der Waals surface area contributed by atoms with Gasteiger partial charge in [-0.1, -0.05) is 18.2 Å². The first kappa shape index (κ1) is 13.4. The first-order valence-corrected chi connectivity index (χ1v) is 7.57. The van der Waals surface area contributed by atoms with Crippen LogP contribution < -0.4 is 5.32 Å². The van der Waals surface area contributed by atoms with E-state index in [0.29, 0.717) is 13.0 Å². The van der Waals surface area contributed by atoms with E-state index in [9.17, 15) is 14.9 Å². The molecule has 0 bridgehead atoms. The number of rotatable bonds is 6. The summed E-state index contributed by atoms with van der Waals surface area (Å²) in [6, 6.07) is 9.46. The summed E-state index contributed by atoms with van der Waals surface area (Å²) in [7, 11) is 0. The van der Waals surface area contributed by atoms with Crippen LogP contribution in [0.25, 0.3) is 0 Å². The molecular weight excluding hydrogens is 276 g/mol. The van der Waals surface area contributed by atoms with E-state index in [-0.39, 0.29) is 15.6 Å². The van der Waals surface area contributed by atoms with Gasteiger partial charge in [-0.05, 0) is 25.0 Å². The van der Waals surface area contributed by atoms with Crippen molar-refractivity contribution >= 4 is 17.7 Å². The molecule has 2 saturated carbocycles. The fourth-order valence-electron chi connectivity index (χ4n) is 2.27. The molecule has 2 aliphatic rings. The smallest absolute Gasteiger partial charge is 0.230 e. The Morgan fingerprint density at radius 3 is 2.65 bits per heavy atom. The number of nitro groups is 1.